The van der Waals surface area contributed by atoms with E-state index in [4.69, 9.17) is 26.2 Å². The number of hydrogen-bond donors (Lipinski definition) is 6. The molecular weight excluding hydrogens is 477 g/mol. The van der Waals surface area contributed by atoms with Crippen LogP contribution in [0.2, 0.25) is 0 Å². The number of nitrogens with one attached hydrogen (secondary N) is 3. The van der Waals surface area contributed by atoms with Crippen molar-refractivity contribution in [2.75, 3.05) is 25.0 Å². The Kier molecular flexibility index (Phi) is 11.5. The second-order valence-electron chi connectivity index (χ2n) is 6.66. The molecule has 2 aromatic rings. The lowest BCUT2D eigenvalue weighted by molar-refractivity contribution is -0.192. The van der Waals surface area contributed by atoms with Crippen molar-refractivity contribution in [1.29, 1.82) is 0 Å². The van der Waals surface area contributed by atoms with E-state index in [-0.39, 0.29) is 42.8 Å². The van der Waals surface area contributed by atoms with E-state index in [2.05, 4.69) is 30.7 Å². The number of oxime groups is 1. The van der Waals surface area contributed by atoms with Crippen LogP contribution in [-0.2, 0) is 27.3 Å². The van der Waals surface area contributed by atoms with Gasteiger partial charge in [-0.15, -0.1) is 0 Å². The molecule has 13 nitrogen and oxygen atoms in total. The van der Waals surface area contributed by atoms with E-state index in [0.29, 0.717) is 24.4 Å². The van der Waals surface area contributed by atoms with Crippen molar-refractivity contribution in [3.63, 3.8) is 0 Å². The summed E-state index contributed by atoms with van der Waals surface area (Å²) in [7, 11) is 0. The predicted octanol–water partition coefficient (Wildman–Crippen LogP) is -0.375. The van der Waals surface area contributed by atoms with Crippen LogP contribution in [0.5, 0.6) is 0 Å². The number of halogens is 3. The maximum absolute atomic E-state index is 12.1. The van der Waals surface area contributed by atoms with Crippen molar-refractivity contribution >= 4 is 23.7 Å². The van der Waals surface area contributed by atoms with Crippen molar-refractivity contribution < 1.29 is 32.7 Å². The fourth-order valence-electron chi connectivity index (χ4n) is 2.29. The summed E-state index contributed by atoms with van der Waals surface area (Å²) in [5, 5.41) is 16.1. The minimum absolute atomic E-state index is 0.0137. The fraction of sp³-hybridized carbons (Fsp3) is 0.368. The molecule has 0 aliphatic rings. The third-order valence-corrected chi connectivity index (χ3v) is 3.85. The van der Waals surface area contributed by atoms with Gasteiger partial charge in [0.15, 0.2) is 5.82 Å². The van der Waals surface area contributed by atoms with Crippen LogP contribution in [0.3, 0.4) is 0 Å². The summed E-state index contributed by atoms with van der Waals surface area (Å²) in [6.45, 7) is 2.54. The number of hydrogen-bond acceptors (Lipinski definition) is 8. The van der Waals surface area contributed by atoms with Crippen LogP contribution in [0.1, 0.15) is 17.1 Å². The Balaban J connectivity index is 0.000000762. The number of carbonyl (C=O) groups excluding carboxylic acids is 1. The highest BCUT2D eigenvalue weighted by molar-refractivity contribution is 5.78. The number of nitrogens with zero attached hydrogens (tertiary/aromatic N) is 3. The van der Waals surface area contributed by atoms with Crippen LogP contribution in [0.4, 0.5) is 19.0 Å². The summed E-state index contributed by atoms with van der Waals surface area (Å²) < 4.78 is 31.7. The van der Waals surface area contributed by atoms with E-state index in [1.807, 2.05) is 18.2 Å². The number of H-pyrrole nitrogens is 1. The largest absolute Gasteiger partial charge is 0.490 e. The molecule has 2 heterocycles. The van der Waals surface area contributed by atoms with Crippen LogP contribution in [0.25, 0.3) is 0 Å². The number of aromatic amines is 1. The van der Waals surface area contributed by atoms with Gasteiger partial charge in [-0.1, -0.05) is 6.07 Å². The normalized spacial score (nSPS) is 10.4. The number of carbonyl (C=O) groups is 2. The van der Waals surface area contributed by atoms with Gasteiger partial charge in [-0.25, -0.2) is 9.78 Å². The van der Waals surface area contributed by atoms with E-state index >= 15 is 0 Å². The monoisotopic (exact) mass is 502 g/mol. The molecule has 35 heavy (non-hydrogen) atoms. The zero-order valence-electron chi connectivity index (χ0n) is 18.6. The van der Waals surface area contributed by atoms with E-state index in [0.717, 1.165) is 5.69 Å². The number of anilines is 1. The Labute approximate surface area is 196 Å². The lowest BCUT2D eigenvalue weighted by Gasteiger charge is -2.10. The topological polar surface area (TPSA) is 211 Å². The number of rotatable bonds is 10. The van der Waals surface area contributed by atoms with Gasteiger partial charge in [0.1, 0.15) is 6.61 Å². The molecule has 0 saturated heterocycles. The minimum atomic E-state index is -5.08. The highest BCUT2D eigenvalue weighted by Crippen LogP contribution is 2.13. The highest BCUT2D eigenvalue weighted by atomic mass is 19.4. The van der Waals surface area contributed by atoms with Crippen molar-refractivity contribution in [3.8, 4) is 0 Å². The maximum Gasteiger partial charge on any atom is 0.490 e. The molecule has 2 rings (SSSR count). The third kappa shape index (κ3) is 11.9. The number of guanidine groups is 1. The van der Waals surface area contributed by atoms with E-state index in [9.17, 15) is 22.8 Å². The fourth-order valence-corrected chi connectivity index (χ4v) is 2.29. The summed E-state index contributed by atoms with van der Waals surface area (Å²) in [5.41, 5.74) is 11.8. The molecule has 2 aromatic heterocycles. The molecule has 0 saturated carbocycles. The standard InChI is InChI=1S/C17H24N8O3.C2HF3O2/c1-11-13(10-14(26)21-8-9-28-25-17(18)19)24-15(16(27)23-11)22-7-5-12-4-2-3-6-20-12;3-2(4,5)1(6)7/h2-4,6H,5,7-10H2,1H3,(H,21,26)(H,22,24)(H,23,27)(H4,18,19,25);(H,6,7). The zero-order valence-corrected chi connectivity index (χ0v) is 18.6. The van der Waals surface area contributed by atoms with Crippen LogP contribution in [0, 0.1) is 6.92 Å². The lowest BCUT2D eigenvalue weighted by atomic mass is 10.2. The Hall–Kier alpha value is -4.37. The molecule has 1 amide bonds. The number of carboxylic acids is 1. The molecular formula is C19H25F3N8O5. The molecule has 0 spiro atoms. The maximum atomic E-state index is 12.1. The van der Waals surface area contributed by atoms with Gasteiger partial charge in [0.25, 0.3) is 5.56 Å². The Morgan fingerprint density at radius 3 is 2.51 bits per heavy atom. The second-order valence-corrected chi connectivity index (χ2v) is 6.66. The molecule has 0 aliphatic carbocycles. The van der Waals surface area contributed by atoms with Crippen LogP contribution in [-0.4, -0.2) is 63.8 Å². The quantitative estimate of drug-likeness (QED) is 0.107. The first-order chi connectivity index (χ1) is 16.4. The average molecular weight is 502 g/mol. The van der Waals surface area contributed by atoms with Gasteiger partial charge in [0.2, 0.25) is 11.9 Å². The number of alkyl halides is 3. The molecule has 0 unspecified atom stereocenters. The molecule has 0 fully saturated rings. The third-order valence-electron chi connectivity index (χ3n) is 3.85. The summed E-state index contributed by atoms with van der Waals surface area (Å²) in [4.78, 5) is 49.0. The molecule has 8 N–H and O–H groups in total. The Bertz CT molecular complexity index is 1060. The number of amides is 1. The van der Waals surface area contributed by atoms with Gasteiger partial charge in [0.05, 0.1) is 18.7 Å². The van der Waals surface area contributed by atoms with Gasteiger partial charge in [-0.2, -0.15) is 13.2 Å². The molecule has 0 radical (unpaired) electrons. The number of nitrogens with two attached hydrogens (primary N) is 2. The number of aryl methyl sites for hydroxylation is 1. The minimum Gasteiger partial charge on any atom is -0.475 e. The van der Waals surface area contributed by atoms with Crippen molar-refractivity contribution in [2.24, 2.45) is 16.6 Å². The van der Waals surface area contributed by atoms with Gasteiger partial charge in [0, 0.05) is 30.6 Å². The smallest absolute Gasteiger partial charge is 0.475 e. The first-order valence-corrected chi connectivity index (χ1v) is 9.91. The molecule has 0 atom stereocenters. The lowest BCUT2D eigenvalue weighted by Crippen LogP contribution is -2.30. The Morgan fingerprint density at radius 2 is 1.94 bits per heavy atom. The summed E-state index contributed by atoms with van der Waals surface area (Å²) >= 11 is 0. The second kappa shape index (κ2) is 14.0. The first kappa shape index (κ1) is 28.7. The number of aromatic nitrogens is 3. The SMILES string of the molecule is Cc1[nH]c(=O)c(NCCc2ccccn2)nc1CC(=O)NCCON=C(N)N.O=C(O)C(F)(F)F. The van der Waals surface area contributed by atoms with Gasteiger partial charge < -0.3 is 37.0 Å². The molecule has 0 aromatic carbocycles. The van der Waals surface area contributed by atoms with Crippen molar-refractivity contribution in [1.82, 2.24) is 20.3 Å². The van der Waals surface area contributed by atoms with Crippen LogP contribution >= 0.6 is 0 Å². The number of carboxylic acid groups (broad SMARTS) is 1. The van der Waals surface area contributed by atoms with Crippen molar-refractivity contribution in [3.05, 3.63) is 51.8 Å². The first-order valence-electron chi connectivity index (χ1n) is 9.91. The molecule has 0 aliphatic heterocycles. The summed E-state index contributed by atoms with van der Waals surface area (Å²) in [5.74, 6) is -3.05. The number of aliphatic carboxylic acids is 1. The molecule has 16 heteroatoms. The van der Waals surface area contributed by atoms with Gasteiger partial charge >= 0.3 is 12.1 Å². The predicted molar refractivity (Wildman–Crippen MR) is 118 cm³/mol. The average Bonchev–Trinajstić information content (AvgIpc) is 2.77. The van der Waals surface area contributed by atoms with Crippen molar-refractivity contribution in [2.45, 2.75) is 25.9 Å². The Morgan fingerprint density at radius 1 is 1.26 bits per heavy atom. The summed E-state index contributed by atoms with van der Waals surface area (Å²) in [6.07, 6.45) is -2.72. The highest BCUT2D eigenvalue weighted by Gasteiger charge is 2.38. The van der Waals surface area contributed by atoms with E-state index < -0.39 is 12.1 Å². The summed E-state index contributed by atoms with van der Waals surface area (Å²) in [6, 6.07) is 5.65. The molecule has 0 bridgehead atoms. The van der Waals surface area contributed by atoms with Gasteiger partial charge in [-0.05, 0) is 24.2 Å². The zero-order chi connectivity index (χ0) is 26.4. The van der Waals surface area contributed by atoms with Gasteiger partial charge in [-0.3, -0.25) is 14.6 Å². The number of pyridine rings is 1. The van der Waals surface area contributed by atoms with Crippen LogP contribution in [0.15, 0.2) is 34.3 Å². The van der Waals surface area contributed by atoms with E-state index in [1.54, 1.807) is 13.1 Å². The van der Waals surface area contributed by atoms with Crippen LogP contribution < -0.4 is 27.7 Å². The molecule has 192 valence electrons. The van der Waals surface area contributed by atoms with E-state index in [1.165, 1.54) is 0 Å².